The van der Waals surface area contributed by atoms with Crippen LogP contribution in [-0.2, 0) is 20.9 Å². The summed E-state index contributed by atoms with van der Waals surface area (Å²) in [6.07, 6.45) is 2.62. The maximum atomic E-state index is 14.1. The minimum Gasteiger partial charge on any atom is -0.396 e. The largest absolute Gasteiger partial charge is 0.396 e. The first kappa shape index (κ1) is 29.4. The molecule has 0 aliphatic carbocycles. The van der Waals surface area contributed by atoms with Crippen LogP contribution in [0.3, 0.4) is 0 Å². The van der Waals surface area contributed by atoms with Crippen LogP contribution >= 0.6 is 27.7 Å². The fraction of sp³-hybridized carbons (Fsp3) is 0.690. The van der Waals surface area contributed by atoms with E-state index in [0.717, 1.165) is 12.0 Å². The molecular weight excluding hydrogens is 566 g/mol. The fourth-order valence-corrected chi connectivity index (χ4v) is 10.7. The molecule has 3 fully saturated rings. The zero-order valence-electron chi connectivity index (χ0n) is 23.1. The van der Waals surface area contributed by atoms with Gasteiger partial charge in [-0.05, 0) is 50.5 Å². The summed E-state index contributed by atoms with van der Waals surface area (Å²) in [5.74, 6) is -1.42. The second-order valence-corrected chi connectivity index (χ2v) is 15.7. The van der Waals surface area contributed by atoms with Crippen LogP contribution in [-0.4, -0.2) is 67.3 Å². The summed E-state index contributed by atoms with van der Waals surface area (Å²) in [4.78, 5) is 43.5. The molecule has 1 aromatic rings. The van der Waals surface area contributed by atoms with E-state index in [0.29, 0.717) is 32.4 Å². The number of hydrogen-bond donors (Lipinski definition) is 3. The minimum atomic E-state index is -0.661. The second kappa shape index (κ2) is 11.1. The lowest BCUT2D eigenvalue weighted by Crippen LogP contribution is -2.58. The van der Waals surface area contributed by atoms with Gasteiger partial charge in [0.15, 0.2) is 0 Å². The van der Waals surface area contributed by atoms with Crippen molar-refractivity contribution in [2.75, 3.05) is 13.2 Å². The predicted molar refractivity (Wildman–Crippen MR) is 155 cm³/mol. The standard InChI is InChI=1S/C29H42BrN3O4S/c1-27(2,3)17-28(4,5)32-25(36)23-29-15-19(30)22(38-29)20(21(29)26(37)33(23)13-9-10-14-34)24(35)31-16-18-11-7-6-8-12-18/h6-8,11-12,19-23,34H,9-10,13-17H2,1-5H3,(H,31,35)(H,32,36)/t19?,20-,21-,22-,23?,29?/m0/s1. The molecule has 3 amide bonds. The van der Waals surface area contributed by atoms with Gasteiger partial charge in [-0.25, -0.2) is 0 Å². The summed E-state index contributed by atoms with van der Waals surface area (Å²) in [7, 11) is 0. The highest BCUT2D eigenvalue weighted by molar-refractivity contribution is 9.09. The third-order valence-corrected chi connectivity index (χ3v) is 11.1. The first-order chi connectivity index (χ1) is 17.8. The lowest BCUT2D eigenvalue weighted by atomic mass is 9.70. The maximum absolute atomic E-state index is 14.1. The number of aliphatic hydroxyl groups excluding tert-OH is 1. The van der Waals surface area contributed by atoms with Crippen LogP contribution in [0.1, 0.15) is 65.9 Å². The molecule has 1 spiro atoms. The molecule has 3 unspecified atom stereocenters. The van der Waals surface area contributed by atoms with Crippen LogP contribution in [0.2, 0.25) is 0 Å². The molecule has 3 N–H and O–H groups in total. The van der Waals surface area contributed by atoms with Crippen LogP contribution in [0.25, 0.3) is 0 Å². The van der Waals surface area contributed by atoms with Gasteiger partial charge in [-0.1, -0.05) is 67.0 Å². The summed E-state index contributed by atoms with van der Waals surface area (Å²) >= 11 is 5.48. The lowest BCUT2D eigenvalue weighted by Gasteiger charge is -2.39. The number of nitrogens with zero attached hydrogens (tertiary/aromatic N) is 1. The van der Waals surface area contributed by atoms with Crippen LogP contribution in [0.15, 0.2) is 30.3 Å². The van der Waals surface area contributed by atoms with E-state index >= 15 is 0 Å². The van der Waals surface area contributed by atoms with E-state index in [1.807, 2.05) is 44.2 Å². The molecular formula is C29H42BrN3O4S. The van der Waals surface area contributed by atoms with Crippen molar-refractivity contribution in [2.24, 2.45) is 17.3 Å². The molecule has 0 radical (unpaired) electrons. The molecule has 3 aliphatic rings. The molecule has 3 aliphatic heterocycles. The van der Waals surface area contributed by atoms with E-state index < -0.39 is 28.2 Å². The van der Waals surface area contributed by atoms with Crippen molar-refractivity contribution in [3.05, 3.63) is 35.9 Å². The highest BCUT2D eigenvalue weighted by atomic mass is 79.9. The van der Waals surface area contributed by atoms with E-state index in [1.54, 1.807) is 16.7 Å². The first-order valence-electron chi connectivity index (χ1n) is 13.7. The average Bonchev–Trinajstić information content (AvgIpc) is 3.40. The highest BCUT2D eigenvalue weighted by Gasteiger charge is 2.75. The molecule has 0 saturated carbocycles. The van der Waals surface area contributed by atoms with Crippen molar-refractivity contribution in [2.45, 2.75) is 93.3 Å². The molecule has 1 aromatic carbocycles. The smallest absolute Gasteiger partial charge is 0.244 e. The Bertz CT molecular complexity index is 1050. The number of unbranched alkanes of at least 4 members (excludes halogenated alkanes) is 1. The number of amides is 3. The lowest BCUT2D eigenvalue weighted by molar-refractivity contribution is -0.140. The Morgan fingerprint density at radius 1 is 1.13 bits per heavy atom. The van der Waals surface area contributed by atoms with Gasteiger partial charge in [0.1, 0.15) is 6.04 Å². The van der Waals surface area contributed by atoms with Crippen molar-refractivity contribution in [1.82, 2.24) is 15.5 Å². The Kier molecular flexibility index (Phi) is 8.61. The Morgan fingerprint density at radius 2 is 1.82 bits per heavy atom. The van der Waals surface area contributed by atoms with Gasteiger partial charge in [0.25, 0.3) is 0 Å². The maximum Gasteiger partial charge on any atom is 0.244 e. The predicted octanol–water partition coefficient (Wildman–Crippen LogP) is 3.87. The number of alkyl halides is 1. The van der Waals surface area contributed by atoms with Gasteiger partial charge in [-0.3, -0.25) is 14.4 Å². The topological polar surface area (TPSA) is 98.7 Å². The van der Waals surface area contributed by atoms with Crippen molar-refractivity contribution >= 4 is 45.4 Å². The monoisotopic (exact) mass is 607 g/mol. The van der Waals surface area contributed by atoms with Gasteiger partial charge in [0.2, 0.25) is 17.7 Å². The zero-order valence-corrected chi connectivity index (χ0v) is 25.5. The number of fused-ring (bicyclic) bond motifs is 1. The zero-order chi connectivity index (χ0) is 27.9. The Labute approximate surface area is 239 Å². The normalized spacial score (nSPS) is 30.4. The number of rotatable bonds is 10. The number of halogens is 1. The van der Waals surface area contributed by atoms with Crippen molar-refractivity contribution < 1.29 is 19.5 Å². The number of carbonyl (C=O) groups is 3. The number of hydrogen-bond acceptors (Lipinski definition) is 5. The van der Waals surface area contributed by atoms with E-state index in [4.69, 9.17) is 0 Å². The number of likely N-dealkylation sites (tertiary alicyclic amines) is 1. The van der Waals surface area contributed by atoms with Crippen molar-refractivity contribution in [1.29, 1.82) is 0 Å². The summed E-state index contributed by atoms with van der Waals surface area (Å²) < 4.78 is -0.661. The molecule has 6 atom stereocenters. The summed E-state index contributed by atoms with van der Waals surface area (Å²) in [5.41, 5.74) is 0.571. The molecule has 7 nitrogen and oxygen atoms in total. The minimum absolute atomic E-state index is 0.0212. The van der Waals surface area contributed by atoms with E-state index in [1.165, 1.54) is 0 Å². The third-order valence-electron chi connectivity index (χ3n) is 7.89. The number of nitrogens with one attached hydrogen (secondary N) is 2. The van der Waals surface area contributed by atoms with Crippen molar-refractivity contribution in [3.8, 4) is 0 Å². The molecule has 2 bridgehead atoms. The van der Waals surface area contributed by atoms with Crippen molar-refractivity contribution in [3.63, 3.8) is 0 Å². The second-order valence-electron chi connectivity index (χ2n) is 12.9. The van der Waals surface area contributed by atoms with E-state index in [9.17, 15) is 19.5 Å². The summed E-state index contributed by atoms with van der Waals surface area (Å²) in [6, 6.07) is 9.09. The Morgan fingerprint density at radius 3 is 2.45 bits per heavy atom. The summed E-state index contributed by atoms with van der Waals surface area (Å²) in [5, 5.41) is 15.6. The third kappa shape index (κ3) is 5.80. The van der Waals surface area contributed by atoms with Crippen LogP contribution < -0.4 is 10.6 Å². The average molecular weight is 609 g/mol. The highest BCUT2D eigenvalue weighted by Crippen LogP contribution is 2.67. The number of carbonyl (C=O) groups excluding carboxylic acids is 3. The Balaban J connectivity index is 1.62. The fourth-order valence-electron chi connectivity index (χ4n) is 7.04. The first-order valence-corrected chi connectivity index (χ1v) is 15.5. The van der Waals surface area contributed by atoms with Gasteiger partial charge < -0.3 is 20.6 Å². The SMILES string of the molecule is CC(C)(C)CC(C)(C)NC(=O)C1N(CCCCO)C(=O)[C@@H]2[C@H](C(=O)NCc3ccccc3)[C@H]3SC12CC3Br. The summed E-state index contributed by atoms with van der Waals surface area (Å²) in [6.45, 7) is 11.4. The molecule has 3 saturated heterocycles. The van der Waals surface area contributed by atoms with E-state index in [2.05, 4.69) is 47.3 Å². The van der Waals surface area contributed by atoms with Gasteiger partial charge in [0, 0.05) is 35.3 Å². The van der Waals surface area contributed by atoms with Gasteiger partial charge >= 0.3 is 0 Å². The van der Waals surface area contributed by atoms with E-state index in [-0.39, 0.29) is 39.8 Å². The molecule has 9 heteroatoms. The van der Waals surface area contributed by atoms with Gasteiger partial charge in [-0.2, -0.15) is 0 Å². The van der Waals surface area contributed by atoms with Crippen LogP contribution in [0.5, 0.6) is 0 Å². The molecule has 210 valence electrons. The van der Waals surface area contributed by atoms with Gasteiger partial charge in [-0.15, -0.1) is 11.8 Å². The molecule has 0 aromatic heterocycles. The van der Waals surface area contributed by atoms with Crippen LogP contribution in [0, 0.1) is 17.3 Å². The molecule has 4 rings (SSSR count). The van der Waals surface area contributed by atoms with Crippen LogP contribution in [0.4, 0.5) is 0 Å². The molecule has 3 heterocycles. The van der Waals surface area contributed by atoms with Gasteiger partial charge in [0.05, 0.1) is 16.6 Å². The quantitative estimate of drug-likeness (QED) is 0.277. The number of benzene rings is 1. The number of aliphatic hydroxyl groups is 1. The Hall–Kier alpha value is -1.58. The molecule has 38 heavy (non-hydrogen) atoms. The number of thioether (sulfide) groups is 1.